The molecule has 13 rings (SSSR count). The highest BCUT2D eigenvalue weighted by atomic mass is 16.5. The zero-order chi connectivity index (χ0) is 42.2. The van der Waals surface area contributed by atoms with E-state index in [0.717, 1.165) is 89.2 Å². The number of benzene rings is 9. The Morgan fingerprint density at radius 2 is 0.875 bits per heavy atom. The summed E-state index contributed by atoms with van der Waals surface area (Å²) < 4.78 is 7.00. The molecule has 0 saturated heterocycles. The minimum Gasteiger partial charge on any atom is -0.457 e. The van der Waals surface area contributed by atoms with Crippen molar-refractivity contribution in [2.45, 2.75) is 5.41 Å². The lowest BCUT2D eigenvalue weighted by Crippen LogP contribution is -2.32. The van der Waals surface area contributed by atoms with E-state index in [-0.39, 0.29) is 0 Å². The summed E-state index contributed by atoms with van der Waals surface area (Å²) in [5, 5.41) is 3.25. The van der Waals surface area contributed by atoms with Crippen LogP contribution in [0.15, 0.2) is 224 Å². The Kier molecular flexibility index (Phi) is 8.09. The summed E-state index contributed by atoms with van der Waals surface area (Å²) in [6.45, 7) is 0. The van der Waals surface area contributed by atoms with Gasteiger partial charge in [0, 0.05) is 44.2 Å². The smallest absolute Gasteiger partial charge is 0.160 e. The summed E-state index contributed by atoms with van der Waals surface area (Å²) in [6, 6.07) is 79.5. The van der Waals surface area contributed by atoms with Crippen LogP contribution >= 0.6 is 0 Å². The normalized spacial score (nSPS) is 12.9. The average Bonchev–Trinajstić information content (AvgIpc) is 3.66. The predicted octanol–water partition coefficient (Wildman–Crippen LogP) is 15.0. The van der Waals surface area contributed by atoms with E-state index < -0.39 is 5.41 Å². The third-order valence-corrected chi connectivity index (χ3v) is 13.1. The minimum atomic E-state index is -0.570. The van der Waals surface area contributed by atoms with Crippen molar-refractivity contribution in [2.75, 3.05) is 0 Å². The molecule has 1 spiro atoms. The van der Waals surface area contributed by atoms with Crippen LogP contribution in [0.2, 0.25) is 0 Å². The standard InChI is InChI=1S/C60H37N3O/c1-3-16-38(17-4-1)39-30-32-40(33-31-39)54-37-55(63-59(62-54)41-18-5-2-6-19-41)42-20-15-21-43(34-42)58-48-36-57-52(35-47(48)46-24-9-13-28-53(46)61-58)60(51-27-12-14-29-56(51)64-57)49-25-10-7-22-44(49)45-23-8-11-26-50(45)60/h1-37H. The molecular formula is C60H37N3O. The van der Waals surface area contributed by atoms with Crippen LogP contribution in [0.25, 0.3) is 89.1 Å². The van der Waals surface area contributed by atoms with E-state index in [2.05, 4.69) is 200 Å². The van der Waals surface area contributed by atoms with Gasteiger partial charge < -0.3 is 4.74 Å². The molecular weight excluding hydrogens is 779 g/mol. The molecule has 0 fully saturated rings. The van der Waals surface area contributed by atoms with Gasteiger partial charge in [-0.2, -0.15) is 0 Å². The second kappa shape index (κ2) is 14.3. The van der Waals surface area contributed by atoms with Crippen LogP contribution in [0.3, 0.4) is 0 Å². The van der Waals surface area contributed by atoms with Crippen LogP contribution in [-0.4, -0.2) is 15.0 Å². The number of rotatable bonds is 5. The molecule has 0 radical (unpaired) electrons. The quantitative estimate of drug-likeness (QED) is 0.162. The zero-order valence-electron chi connectivity index (χ0n) is 34.6. The first kappa shape index (κ1) is 36.2. The first-order chi connectivity index (χ1) is 31.7. The molecule has 1 aliphatic heterocycles. The van der Waals surface area contributed by atoms with Gasteiger partial charge in [-0.15, -0.1) is 0 Å². The van der Waals surface area contributed by atoms with Crippen molar-refractivity contribution in [3.8, 4) is 78.9 Å². The number of fused-ring (bicyclic) bond motifs is 12. The van der Waals surface area contributed by atoms with Gasteiger partial charge in [0.05, 0.1) is 28.0 Å². The maximum Gasteiger partial charge on any atom is 0.160 e. The third-order valence-electron chi connectivity index (χ3n) is 13.1. The molecule has 0 amide bonds. The summed E-state index contributed by atoms with van der Waals surface area (Å²) in [4.78, 5) is 15.8. The van der Waals surface area contributed by atoms with Crippen LogP contribution < -0.4 is 4.74 Å². The summed E-state index contributed by atoms with van der Waals surface area (Å²) >= 11 is 0. The SMILES string of the molecule is c1ccc(-c2ccc(-c3cc(-c4cccc(-c5nc6ccccc6c6cc7c(cc56)Oc5ccccc5C75c6ccccc6-c6ccccc65)c4)nc(-c4ccccc4)n3)cc2)cc1. The van der Waals surface area contributed by atoms with Crippen LogP contribution in [0.1, 0.15) is 22.3 Å². The molecule has 2 aliphatic rings. The Labute approximate surface area is 370 Å². The second-order valence-corrected chi connectivity index (χ2v) is 16.7. The maximum atomic E-state index is 7.00. The number of ether oxygens (including phenoxy) is 1. The largest absolute Gasteiger partial charge is 0.457 e. The number of pyridine rings is 1. The number of nitrogens with zero attached hydrogens (tertiary/aromatic N) is 3. The highest BCUT2D eigenvalue weighted by Crippen LogP contribution is 2.62. The topological polar surface area (TPSA) is 47.9 Å². The van der Waals surface area contributed by atoms with Crippen molar-refractivity contribution in [1.82, 2.24) is 15.0 Å². The molecule has 1 aliphatic carbocycles. The Bertz CT molecular complexity index is 3590. The molecule has 4 nitrogen and oxygen atoms in total. The fourth-order valence-electron chi connectivity index (χ4n) is 10.3. The molecule has 0 bridgehead atoms. The number of aromatic nitrogens is 3. The second-order valence-electron chi connectivity index (χ2n) is 16.7. The summed E-state index contributed by atoms with van der Waals surface area (Å²) in [6.07, 6.45) is 0. The van der Waals surface area contributed by atoms with Gasteiger partial charge in [-0.05, 0) is 75.2 Å². The van der Waals surface area contributed by atoms with Gasteiger partial charge in [-0.3, -0.25) is 0 Å². The minimum absolute atomic E-state index is 0.570. The third kappa shape index (κ3) is 5.52. The lowest BCUT2D eigenvalue weighted by molar-refractivity contribution is 0.437. The molecule has 0 N–H and O–H groups in total. The highest BCUT2D eigenvalue weighted by molar-refractivity contribution is 6.12. The van der Waals surface area contributed by atoms with Gasteiger partial charge in [0.15, 0.2) is 5.82 Å². The van der Waals surface area contributed by atoms with E-state index in [4.69, 9.17) is 19.7 Å². The summed E-state index contributed by atoms with van der Waals surface area (Å²) in [5.41, 5.74) is 16.6. The first-order valence-electron chi connectivity index (χ1n) is 21.8. The van der Waals surface area contributed by atoms with Crippen molar-refractivity contribution in [3.63, 3.8) is 0 Å². The van der Waals surface area contributed by atoms with Gasteiger partial charge in [-0.1, -0.05) is 188 Å². The van der Waals surface area contributed by atoms with E-state index >= 15 is 0 Å². The molecule has 9 aromatic carbocycles. The van der Waals surface area contributed by atoms with E-state index in [9.17, 15) is 0 Å². The van der Waals surface area contributed by atoms with Gasteiger partial charge in [0.1, 0.15) is 11.5 Å². The maximum absolute atomic E-state index is 7.00. The van der Waals surface area contributed by atoms with Crippen LogP contribution in [0, 0.1) is 0 Å². The predicted molar refractivity (Wildman–Crippen MR) is 259 cm³/mol. The van der Waals surface area contributed by atoms with Crippen LogP contribution in [0.5, 0.6) is 11.5 Å². The Hall–Kier alpha value is -8.47. The van der Waals surface area contributed by atoms with Crippen molar-refractivity contribution in [1.29, 1.82) is 0 Å². The highest BCUT2D eigenvalue weighted by Gasteiger charge is 2.51. The van der Waals surface area contributed by atoms with Gasteiger partial charge in [0.2, 0.25) is 0 Å². The van der Waals surface area contributed by atoms with Crippen molar-refractivity contribution in [3.05, 3.63) is 247 Å². The molecule has 0 unspecified atom stereocenters. The average molecular weight is 816 g/mol. The number of para-hydroxylation sites is 2. The van der Waals surface area contributed by atoms with Crippen molar-refractivity contribution >= 4 is 21.7 Å². The van der Waals surface area contributed by atoms with E-state index in [1.807, 2.05) is 24.3 Å². The molecule has 0 saturated carbocycles. The van der Waals surface area contributed by atoms with Gasteiger partial charge >= 0.3 is 0 Å². The van der Waals surface area contributed by atoms with Gasteiger partial charge in [0.25, 0.3) is 0 Å². The Morgan fingerprint density at radius 3 is 1.62 bits per heavy atom. The van der Waals surface area contributed by atoms with Crippen LogP contribution in [-0.2, 0) is 5.41 Å². The molecule has 0 atom stereocenters. The Morgan fingerprint density at radius 1 is 0.312 bits per heavy atom. The van der Waals surface area contributed by atoms with Crippen LogP contribution in [0.4, 0.5) is 0 Å². The van der Waals surface area contributed by atoms with E-state index in [1.165, 1.54) is 27.8 Å². The molecule has 11 aromatic rings. The molecule has 4 heteroatoms. The lowest BCUT2D eigenvalue weighted by Gasteiger charge is -2.39. The lowest BCUT2D eigenvalue weighted by atomic mass is 9.65. The first-order valence-corrected chi connectivity index (χ1v) is 21.8. The monoisotopic (exact) mass is 815 g/mol. The summed E-state index contributed by atoms with van der Waals surface area (Å²) in [5.74, 6) is 2.37. The molecule has 298 valence electrons. The number of hydrogen-bond donors (Lipinski definition) is 0. The van der Waals surface area contributed by atoms with E-state index in [0.29, 0.717) is 5.82 Å². The number of hydrogen-bond acceptors (Lipinski definition) is 4. The Balaban J connectivity index is 1.01. The van der Waals surface area contributed by atoms with Gasteiger partial charge in [-0.25, -0.2) is 15.0 Å². The summed E-state index contributed by atoms with van der Waals surface area (Å²) in [7, 11) is 0. The van der Waals surface area contributed by atoms with Crippen molar-refractivity contribution < 1.29 is 4.74 Å². The van der Waals surface area contributed by atoms with E-state index in [1.54, 1.807) is 0 Å². The molecule has 64 heavy (non-hydrogen) atoms. The molecule has 3 heterocycles. The fourth-order valence-corrected chi connectivity index (χ4v) is 10.3. The van der Waals surface area contributed by atoms with Crippen molar-refractivity contribution in [2.24, 2.45) is 0 Å². The fraction of sp³-hybridized carbons (Fsp3) is 0.0167. The molecule has 2 aromatic heterocycles. The zero-order valence-corrected chi connectivity index (χ0v) is 34.6.